The molecular formula is C30H24FN5O. The van der Waals surface area contributed by atoms with E-state index in [4.69, 9.17) is 0 Å². The van der Waals surface area contributed by atoms with Crippen LogP contribution in [0.1, 0.15) is 16.3 Å². The first-order valence-electron chi connectivity index (χ1n) is 11.9. The van der Waals surface area contributed by atoms with Crippen molar-refractivity contribution in [1.82, 2.24) is 19.1 Å². The summed E-state index contributed by atoms with van der Waals surface area (Å²) < 4.78 is 18.0. The Kier molecular flexibility index (Phi) is 5.34. The Balaban J connectivity index is 1.49. The molecule has 0 bridgehead atoms. The number of pyridine rings is 1. The van der Waals surface area contributed by atoms with Crippen LogP contribution in [0.5, 0.6) is 0 Å². The van der Waals surface area contributed by atoms with E-state index in [0.29, 0.717) is 11.4 Å². The van der Waals surface area contributed by atoms with Gasteiger partial charge in [0.2, 0.25) is 0 Å². The normalized spacial score (nSPS) is 11.4. The maximum atomic E-state index is 14.3. The molecule has 3 heterocycles. The first-order chi connectivity index (χ1) is 17.9. The Bertz CT molecular complexity index is 1800. The molecule has 0 unspecified atom stereocenters. The number of rotatable bonds is 4. The van der Waals surface area contributed by atoms with Gasteiger partial charge in [-0.2, -0.15) is 0 Å². The molecule has 0 fully saturated rings. The summed E-state index contributed by atoms with van der Waals surface area (Å²) >= 11 is 0. The van der Waals surface area contributed by atoms with Crippen LogP contribution in [-0.2, 0) is 7.05 Å². The number of fused-ring (bicyclic) bond motifs is 2. The standard InChI is InChI=1S/C30H24FN5O/c1-19-33-26-17-23(12-13-27(26)34(19)2)35(3)30(37)28-15-21-14-25(20-8-5-4-6-9-20)32-18-29(21)36(28)24-11-7-10-22(31)16-24/h4-18H,1-3H3. The quantitative estimate of drug-likeness (QED) is 0.292. The number of benzene rings is 3. The molecule has 1 amide bonds. The van der Waals surface area contributed by atoms with Crippen LogP contribution in [0.25, 0.3) is 38.9 Å². The topological polar surface area (TPSA) is 56.0 Å². The lowest BCUT2D eigenvalue weighted by molar-refractivity contribution is 0.0987. The maximum Gasteiger partial charge on any atom is 0.275 e. The Morgan fingerprint density at radius 1 is 0.919 bits per heavy atom. The van der Waals surface area contributed by atoms with Gasteiger partial charge in [-0.3, -0.25) is 9.78 Å². The summed E-state index contributed by atoms with van der Waals surface area (Å²) in [6.45, 7) is 1.95. The van der Waals surface area contributed by atoms with Crippen molar-refractivity contribution in [3.63, 3.8) is 0 Å². The Morgan fingerprint density at radius 3 is 2.51 bits per heavy atom. The second-order valence-electron chi connectivity index (χ2n) is 9.09. The monoisotopic (exact) mass is 489 g/mol. The van der Waals surface area contributed by atoms with Crippen molar-refractivity contribution in [2.75, 3.05) is 11.9 Å². The Morgan fingerprint density at radius 2 is 1.73 bits per heavy atom. The largest absolute Gasteiger partial charge is 0.331 e. The molecule has 6 rings (SSSR count). The molecule has 0 aliphatic rings. The number of carbonyl (C=O) groups is 1. The molecule has 0 saturated heterocycles. The highest BCUT2D eigenvalue weighted by molar-refractivity contribution is 6.09. The van der Waals surface area contributed by atoms with Crippen LogP contribution >= 0.6 is 0 Å². The van der Waals surface area contributed by atoms with E-state index in [1.165, 1.54) is 12.1 Å². The number of anilines is 1. The minimum absolute atomic E-state index is 0.228. The van der Waals surface area contributed by atoms with E-state index in [1.54, 1.807) is 34.8 Å². The highest BCUT2D eigenvalue weighted by Crippen LogP contribution is 2.30. The summed E-state index contributed by atoms with van der Waals surface area (Å²) in [5.74, 6) is 0.291. The summed E-state index contributed by atoms with van der Waals surface area (Å²) in [5.41, 5.74) is 5.99. The lowest BCUT2D eigenvalue weighted by Gasteiger charge is -2.19. The molecule has 37 heavy (non-hydrogen) atoms. The molecular weight excluding hydrogens is 465 g/mol. The SMILES string of the molecule is Cc1nc2cc(N(C)C(=O)c3cc4cc(-c5ccccc5)ncc4n3-c3cccc(F)c3)ccc2n1C. The van der Waals surface area contributed by atoms with Crippen molar-refractivity contribution in [1.29, 1.82) is 0 Å². The third kappa shape index (κ3) is 3.85. The van der Waals surface area contributed by atoms with E-state index in [2.05, 4.69) is 9.97 Å². The second kappa shape index (κ2) is 8.71. The van der Waals surface area contributed by atoms with E-state index in [-0.39, 0.29) is 11.7 Å². The lowest BCUT2D eigenvalue weighted by atomic mass is 10.1. The predicted molar refractivity (Wildman–Crippen MR) is 145 cm³/mol. The van der Waals surface area contributed by atoms with Gasteiger partial charge in [-0.05, 0) is 55.5 Å². The van der Waals surface area contributed by atoms with Crippen LogP contribution in [-0.4, -0.2) is 32.1 Å². The van der Waals surface area contributed by atoms with Gasteiger partial charge in [0, 0.05) is 36.4 Å². The van der Waals surface area contributed by atoms with E-state index in [0.717, 1.165) is 44.7 Å². The smallest absolute Gasteiger partial charge is 0.275 e. The average Bonchev–Trinajstić information content (AvgIpc) is 3.44. The van der Waals surface area contributed by atoms with Crippen molar-refractivity contribution in [2.24, 2.45) is 7.05 Å². The number of halogens is 1. The van der Waals surface area contributed by atoms with Gasteiger partial charge in [0.25, 0.3) is 5.91 Å². The lowest BCUT2D eigenvalue weighted by Crippen LogP contribution is -2.28. The molecule has 0 saturated carbocycles. The number of hydrogen-bond acceptors (Lipinski definition) is 3. The molecule has 0 radical (unpaired) electrons. The van der Waals surface area contributed by atoms with Gasteiger partial charge in [-0.15, -0.1) is 0 Å². The molecule has 0 aliphatic carbocycles. The average molecular weight is 490 g/mol. The fourth-order valence-electron chi connectivity index (χ4n) is 4.73. The zero-order valence-electron chi connectivity index (χ0n) is 20.7. The second-order valence-corrected chi connectivity index (χ2v) is 9.09. The van der Waals surface area contributed by atoms with Crippen molar-refractivity contribution in [2.45, 2.75) is 6.92 Å². The van der Waals surface area contributed by atoms with Crippen molar-refractivity contribution in [3.05, 3.63) is 108 Å². The van der Waals surface area contributed by atoms with Gasteiger partial charge in [0.1, 0.15) is 17.3 Å². The Labute approximate surface area is 213 Å². The summed E-state index contributed by atoms with van der Waals surface area (Å²) in [6, 6.07) is 25.7. The van der Waals surface area contributed by atoms with Crippen molar-refractivity contribution >= 4 is 33.5 Å². The zero-order chi connectivity index (χ0) is 25.7. The van der Waals surface area contributed by atoms with Gasteiger partial charge < -0.3 is 14.0 Å². The first kappa shape index (κ1) is 22.7. The van der Waals surface area contributed by atoms with Crippen molar-refractivity contribution in [3.8, 4) is 16.9 Å². The molecule has 6 nitrogen and oxygen atoms in total. The molecule has 182 valence electrons. The summed E-state index contributed by atoms with van der Waals surface area (Å²) in [5, 5.41) is 0.839. The van der Waals surface area contributed by atoms with E-state index in [1.807, 2.05) is 79.2 Å². The van der Waals surface area contributed by atoms with Crippen LogP contribution in [0.4, 0.5) is 10.1 Å². The highest BCUT2D eigenvalue weighted by atomic mass is 19.1. The molecule has 0 atom stereocenters. The van der Waals surface area contributed by atoms with Gasteiger partial charge >= 0.3 is 0 Å². The Hall–Kier alpha value is -4.78. The predicted octanol–water partition coefficient (Wildman–Crippen LogP) is 6.30. The zero-order valence-corrected chi connectivity index (χ0v) is 20.7. The number of nitrogens with zero attached hydrogens (tertiary/aromatic N) is 5. The van der Waals surface area contributed by atoms with Crippen LogP contribution < -0.4 is 4.90 Å². The molecule has 0 spiro atoms. The molecule has 3 aromatic heterocycles. The molecule has 0 aliphatic heterocycles. The van der Waals surface area contributed by atoms with Crippen LogP contribution in [0.15, 0.2) is 91.1 Å². The van der Waals surface area contributed by atoms with Crippen LogP contribution in [0.2, 0.25) is 0 Å². The minimum Gasteiger partial charge on any atom is -0.331 e. The number of carbonyl (C=O) groups excluding carboxylic acids is 1. The number of hydrogen-bond donors (Lipinski definition) is 0. The highest BCUT2D eigenvalue weighted by Gasteiger charge is 2.23. The minimum atomic E-state index is -0.379. The first-order valence-corrected chi connectivity index (χ1v) is 11.9. The van der Waals surface area contributed by atoms with E-state index < -0.39 is 0 Å². The summed E-state index contributed by atoms with van der Waals surface area (Å²) in [4.78, 5) is 24.8. The number of imidazole rings is 1. The molecule has 7 heteroatoms. The summed E-state index contributed by atoms with van der Waals surface area (Å²) in [6.07, 6.45) is 1.74. The number of aryl methyl sites for hydroxylation is 2. The van der Waals surface area contributed by atoms with Crippen molar-refractivity contribution < 1.29 is 9.18 Å². The van der Waals surface area contributed by atoms with Gasteiger partial charge in [-0.1, -0.05) is 36.4 Å². The van der Waals surface area contributed by atoms with Gasteiger partial charge in [-0.25, -0.2) is 9.37 Å². The third-order valence-corrected chi connectivity index (χ3v) is 6.82. The molecule has 3 aromatic carbocycles. The van der Waals surface area contributed by atoms with E-state index in [9.17, 15) is 9.18 Å². The van der Waals surface area contributed by atoms with Crippen LogP contribution in [0.3, 0.4) is 0 Å². The van der Waals surface area contributed by atoms with Gasteiger partial charge in [0.05, 0.1) is 28.4 Å². The molecule has 6 aromatic rings. The fourth-order valence-corrected chi connectivity index (χ4v) is 4.73. The maximum absolute atomic E-state index is 14.3. The van der Waals surface area contributed by atoms with Crippen LogP contribution in [0, 0.1) is 12.7 Å². The number of amides is 1. The number of aromatic nitrogens is 4. The van der Waals surface area contributed by atoms with E-state index >= 15 is 0 Å². The third-order valence-electron chi connectivity index (χ3n) is 6.82. The van der Waals surface area contributed by atoms with Gasteiger partial charge in [0.15, 0.2) is 0 Å². The fraction of sp³-hybridized carbons (Fsp3) is 0.100. The summed E-state index contributed by atoms with van der Waals surface area (Å²) in [7, 11) is 3.70. The molecule has 0 N–H and O–H groups in total.